The van der Waals surface area contributed by atoms with Crippen LogP contribution in [0.15, 0.2) is 18.2 Å². The Morgan fingerprint density at radius 3 is 2.76 bits per heavy atom. The number of nitrogens with one attached hydrogen (secondary N) is 1. The van der Waals surface area contributed by atoms with Gasteiger partial charge in [-0.15, -0.1) is 0 Å². The maximum atomic E-state index is 12.3. The molecule has 6 nitrogen and oxygen atoms in total. The summed E-state index contributed by atoms with van der Waals surface area (Å²) >= 11 is 0. The van der Waals surface area contributed by atoms with Gasteiger partial charge in [-0.3, -0.25) is 0 Å². The lowest BCUT2D eigenvalue weighted by molar-refractivity contribution is 0.0697. The summed E-state index contributed by atoms with van der Waals surface area (Å²) < 4.78 is 0. The van der Waals surface area contributed by atoms with E-state index in [9.17, 15) is 9.59 Å². The van der Waals surface area contributed by atoms with E-state index in [1.807, 2.05) is 6.07 Å². The molecule has 0 heterocycles. The first-order chi connectivity index (χ1) is 10.0. The Balaban J connectivity index is 2.12. The third kappa shape index (κ3) is 3.72. The van der Waals surface area contributed by atoms with Crippen LogP contribution in [0.25, 0.3) is 0 Å². The molecular weight excluding hydrogens is 270 g/mol. The summed E-state index contributed by atoms with van der Waals surface area (Å²) in [6.45, 7) is 2.20. The Labute approximate surface area is 123 Å². The van der Waals surface area contributed by atoms with Crippen LogP contribution in [0, 0.1) is 18.3 Å². The minimum atomic E-state index is -1.03. The van der Waals surface area contributed by atoms with Crippen LogP contribution in [0.5, 0.6) is 0 Å². The molecule has 0 spiro atoms. The summed E-state index contributed by atoms with van der Waals surface area (Å²) in [5, 5.41) is 20.4. The monoisotopic (exact) mass is 287 g/mol. The van der Waals surface area contributed by atoms with Gasteiger partial charge in [0.1, 0.15) is 0 Å². The molecule has 1 aromatic carbocycles. The molecule has 110 valence electrons. The van der Waals surface area contributed by atoms with E-state index in [0.29, 0.717) is 12.2 Å². The van der Waals surface area contributed by atoms with E-state index in [1.165, 1.54) is 12.1 Å². The van der Waals surface area contributed by atoms with Crippen LogP contribution in [0.3, 0.4) is 0 Å². The largest absolute Gasteiger partial charge is 0.478 e. The van der Waals surface area contributed by atoms with E-state index < -0.39 is 5.97 Å². The molecular formula is C15H17N3O3. The highest BCUT2D eigenvalue weighted by molar-refractivity contribution is 5.94. The van der Waals surface area contributed by atoms with Gasteiger partial charge in [0.05, 0.1) is 18.1 Å². The molecule has 1 fully saturated rings. The number of nitrogens with zero attached hydrogens (tertiary/aromatic N) is 2. The second-order valence-corrected chi connectivity index (χ2v) is 5.10. The Bertz CT molecular complexity index is 603. The summed E-state index contributed by atoms with van der Waals surface area (Å²) in [5.74, 6) is -1.03. The average Bonchev–Trinajstić information content (AvgIpc) is 3.26. The fourth-order valence-electron chi connectivity index (χ4n) is 2.08. The zero-order valence-electron chi connectivity index (χ0n) is 11.8. The molecule has 0 aromatic heterocycles. The van der Waals surface area contributed by atoms with E-state index in [-0.39, 0.29) is 24.1 Å². The number of amides is 2. The van der Waals surface area contributed by atoms with E-state index in [4.69, 9.17) is 10.4 Å². The van der Waals surface area contributed by atoms with Crippen molar-refractivity contribution in [3.05, 3.63) is 29.3 Å². The number of aromatic carboxylic acids is 1. The fourth-order valence-corrected chi connectivity index (χ4v) is 2.08. The fraction of sp³-hybridized carbons (Fsp3) is 0.400. The van der Waals surface area contributed by atoms with Gasteiger partial charge < -0.3 is 15.3 Å². The first kappa shape index (κ1) is 14.9. The van der Waals surface area contributed by atoms with E-state index >= 15 is 0 Å². The maximum Gasteiger partial charge on any atom is 0.335 e. The van der Waals surface area contributed by atoms with Crippen molar-refractivity contribution in [2.24, 2.45) is 0 Å². The van der Waals surface area contributed by atoms with Gasteiger partial charge in [0.25, 0.3) is 0 Å². The molecule has 2 N–H and O–H groups in total. The van der Waals surface area contributed by atoms with Crippen molar-refractivity contribution >= 4 is 17.7 Å². The number of carbonyl (C=O) groups is 2. The summed E-state index contributed by atoms with van der Waals surface area (Å²) in [4.78, 5) is 24.9. The topological polar surface area (TPSA) is 93.4 Å². The molecule has 0 atom stereocenters. The van der Waals surface area contributed by atoms with Crippen LogP contribution < -0.4 is 5.32 Å². The lowest BCUT2D eigenvalue weighted by Crippen LogP contribution is -2.37. The molecule has 0 aliphatic heterocycles. The van der Waals surface area contributed by atoms with Crippen LogP contribution in [0.1, 0.15) is 35.2 Å². The third-order valence-electron chi connectivity index (χ3n) is 3.44. The molecule has 0 saturated heterocycles. The van der Waals surface area contributed by atoms with Gasteiger partial charge >= 0.3 is 12.0 Å². The van der Waals surface area contributed by atoms with Crippen LogP contribution >= 0.6 is 0 Å². The van der Waals surface area contributed by atoms with Gasteiger partial charge in [-0.1, -0.05) is 6.07 Å². The Morgan fingerprint density at radius 1 is 1.48 bits per heavy atom. The number of rotatable bonds is 5. The molecule has 1 aliphatic rings. The minimum Gasteiger partial charge on any atom is -0.478 e. The predicted octanol–water partition coefficient (Wildman–Crippen LogP) is 2.60. The second kappa shape index (κ2) is 6.27. The van der Waals surface area contributed by atoms with Gasteiger partial charge in [0.15, 0.2) is 0 Å². The van der Waals surface area contributed by atoms with E-state index in [1.54, 1.807) is 17.9 Å². The van der Waals surface area contributed by atoms with Gasteiger partial charge in [-0.2, -0.15) is 5.26 Å². The van der Waals surface area contributed by atoms with Crippen molar-refractivity contribution in [3.63, 3.8) is 0 Å². The molecule has 6 heteroatoms. The van der Waals surface area contributed by atoms with Gasteiger partial charge in [-0.25, -0.2) is 9.59 Å². The molecule has 1 aromatic rings. The summed E-state index contributed by atoms with van der Waals surface area (Å²) in [7, 11) is 0. The SMILES string of the molecule is Cc1ccc(C(=O)O)cc1NC(=O)N(CCC#N)C1CC1. The van der Waals surface area contributed by atoms with Gasteiger partial charge in [0.2, 0.25) is 0 Å². The summed E-state index contributed by atoms with van der Waals surface area (Å²) in [5.41, 5.74) is 1.41. The number of hydrogen-bond donors (Lipinski definition) is 2. The van der Waals surface area contributed by atoms with Crippen molar-refractivity contribution < 1.29 is 14.7 Å². The van der Waals surface area contributed by atoms with Gasteiger partial charge in [0, 0.05) is 18.3 Å². The lowest BCUT2D eigenvalue weighted by atomic mass is 10.1. The van der Waals surface area contributed by atoms with Crippen molar-refractivity contribution in [2.45, 2.75) is 32.2 Å². The number of urea groups is 1. The number of aryl methyl sites for hydroxylation is 1. The minimum absolute atomic E-state index is 0.130. The molecule has 21 heavy (non-hydrogen) atoms. The van der Waals surface area contributed by atoms with Crippen molar-refractivity contribution in [2.75, 3.05) is 11.9 Å². The number of nitriles is 1. The number of benzene rings is 1. The highest BCUT2D eigenvalue weighted by atomic mass is 16.4. The van der Waals surface area contributed by atoms with Crippen LogP contribution in [0.4, 0.5) is 10.5 Å². The van der Waals surface area contributed by atoms with Crippen molar-refractivity contribution in [3.8, 4) is 6.07 Å². The lowest BCUT2D eigenvalue weighted by Gasteiger charge is -2.22. The predicted molar refractivity (Wildman–Crippen MR) is 77.1 cm³/mol. The smallest absolute Gasteiger partial charge is 0.335 e. The molecule has 2 rings (SSSR count). The highest BCUT2D eigenvalue weighted by Crippen LogP contribution is 2.28. The first-order valence-corrected chi connectivity index (χ1v) is 6.81. The second-order valence-electron chi connectivity index (χ2n) is 5.10. The maximum absolute atomic E-state index is 12.3. The zero-order valence-corrected chi connectivity index (χ0v) is 11.8. The van der Waals surface area contributed by atoms with Crippen LogP contribution in [-0.4, -0.2) is 34.6 Å². The van der Waals surface area contributed by atoms with Crippen molar-refractivity contribution in [1.29, 1.82) is 5.26 Å². The Morgan fingerprint density at radius 2 is 2.19 bits per heavy atom. The molecule has 1 saturated carbocycles. The number of carboxylic acids is 1. The average molecular weight is 287 g/mol. The van der Waals surface area contributed by atoms with Gasteiger partial charge in [-0.05, 0) is 37.5 Å². The molecule has 0 unspecified atom stereocenters. The first-order valence-electron chi connectivity index (χ1n) is 6.81. The van der Waals surface area contributed by atoms with E-state index in [2.05, 4.69) is 5.32 Å². The Hall–Kier alpha value is -2.55. The number of carbonyl (C=O) groups excluding carboxylic acids is 1. The quantitative estimate of drug-likeness (QED) is 0.870. The molecule has 1 aliphatic carbocycles. The molecule has 2 amide bonds. The van der Waals surface area contributed by atoms with Crippen molar-refractivity contribution in [1.82, 2.24) is 4.90 Å². The zero-order chi connectivity index (χ0) is 15.4. The number of carboxylic acid groups (broad SMARTS) is 1. The normalized spacial score (nSPS) is 13.3. The number of anilines is 1. The van der Waals surface area contributed by atoms with E-state index in [0.717, 1.165) is 18.4 Å². The molecule has 0 bridgehead atoms. The Kier molecular flexibility index (Phi) is 4.43. The molecule has 0 radical (unpaired) electrons. The number of hydrogen-bond acceptors (Lipinski definition) is 3. The third-order valence-corrected chi connectivity index (χ3v) is 3.44. The summed E-state index contributed by atoms with van der Waals surface area (Å²) in [6, 6.07) is 6.57. The summed E-state index contributed by atoms with van der Waals surface area (Å²) in [6.07, 6.45) is 2.19. The highest BCUT2D eigenvalue weighted by Gasteiger charge is 2.32. The standard InChI is InChI=1S/C15H17N3O3/c1-10-3-4-11(14(19)20)9-13(10)17-15(21)18(8-2-7-16)12-5-6-12/h3-4,9,12H,2,5-6,8H2,1H3,(H,17,21)(H,19,20). The van der Waals surface area contributed by atoms with Crippen LogP contribution in [0.2, 0.25) is 0 Å². The van der Waals surface area contributed by atoms with Crippen LogP contribution in [-0.2, 0) is 0 Å².